The minimum atomic E-state index is -0.0262. The molecule has 4 rings (SSSR count). The molecule has 2 aromatic heterocycles. The number of aromatic nitrogens is 3. The highest BCUT2D eigenvalue weighted by atomic mass is 32.1. The van der Waals surface area contributed by atoms with Crippen molar-refractivity contribution in [2.24, 2.45) is 5.92 Å². The molecule has 1 saturated heterocycles. The summed E-state index contributed by atoms with van der Waals surface area (Å²) in [5.41, 5.74) is 11.2. The molecule has 0 spiro atoms. The van der Waals surface area contributed by atoms with Crippen molar-refractivity contribution in [2.45, 2.75) is 19.4 Å². The Hall–Kier alpha value is -2.84. The molecule has 0 aliphatic carbocycles. The van der Waals surface area contributed by atoms with Crippen LogP contribution in [0.15, 0.2) is 47.5 Å². The second-order valence-electron chi connectivity index (χ2n) is 6.96. The van der Waals surface area contributed by atoms with Crippen LogP contribution in [0.5, 0.6) is 0 Å². The lowest BCUT2D eigenvalue weighted by Gasteiger charge is -2.31. The molecular weight excluding hydrogens is 372 g/mol. The van der Waals surface area contributed by atoms with Gasteiger partial charge in [-0.2, -0.15) is 0 Å². The molecule has 1 aromatic carbocycles. The molecule has 1 fully saturated rings. The molecule has 3 heterocycles. The van der Waals surface area contributed by atoms with Gasteiger partial charge in [0.1, 0.15) is 0 Å². The molecule has 0 radical (unpaired) electrons. The summed E-state index contributed by atoms with van der Waals surface area (Å²) in [7, 11) is 0. The summed E-state index contributed by atoms with van der Waals surface area (Å²) in [6.45, 7) is 2.43. The number of anilines is 2. The lowest BCUT2D eigenvalue weighted by Crippen LogP contribution is -2.40. The molecule has 1 amide bonds. The monoisotopic (exact) mass is 394 g/mol. The van der Waals surface area contributed by atoms with Gasteiger partial charge >= 0.3 is 0 Å². The molecule has 3 N–H and O–H groups in total. The fourth-order valence-electron chi connectivity index (χ4n) is 3.44. The molecule has 28 heavy (non-hydrogen) atoms. The van der Waals surface area contributed by atoms with E-state index in [1.54, 1.807) is 23.7 Å². The molecule has 3 aromatic rings. The van der Waals surface area contributed by atoms with Gasteiger partial charge in [0.15, 0.2) is 0 Å². The van der Waals surface area contributed by atoms with E-state index >= 15 is 0 Å². The zero-order valence-corrected chi connectivity index (χ0v) is 16.2. The third-order valence-corrected chi connectivity index (χ3v) is 5.47. The van der Waals surface area contributed by atoms with Crippen molar-refractivity contribution in [3.8, 4) is 11.3 Å². The first-order chi connectivity index (χ1) is 13.7. The van der Waals surface area contributed by atoms with E-state index in [2.05, 4.69) is 25.2 Å². The van der Waals surface area contributed by atoms with Gasteiger partial charge in [0.25, 0.3) is 0 Å². The van der Waals surface area contributed by atoms with Crippen molar-refractivity contribution in [2.75, 3.05) is 24.1 Å². The molecule has 7 nitrogen and oxygen atoms in total. The first-order valence-corrected chi connectivity index (χ1v) is 10.2. The van der Waals surface area contributed by atoms with E-state index in [4.69, 9.17) is 5.73 Å². The van der Waals surface area contributed by atoms with Gasteiger partial charge in [0.2, 0.25) is 11.9 Å². The lowest BCUT2D eigenvalue weighted by molar-refractivity contribution is -0.121. The van der Waals surface area contributed by atoms with Gasteiger partial charge in [-0.05, 0) is 31.5 Å². The fourth-order valence-corrected chi connectivity index (χ4v) is 4.00. The van der Waals surface area contributed by atoms with Crippen LogP contribution in [0.4, 0.5) is 11.6 Å². The summed E-state index contributed by atoms with van der Waals surface area (Å²) in [6, 6.07) is 7.83. The van der Waals surface area contributed by atoms with Crippen LogP contribution in [-0.4, -0.2) is 38.8 Å². The highest BCUT2D eigenvalue weighted by Crippen LogP contribution is 2.23. The zero-order valence-electron chi connectivity index (χ0n) is 15.4. The van der Waals surface area contributed by atoms with Gasteiger partial charge in [-0.15, -0.1) is 11.3 Å². The second kappa shape index (κ2) is 8.45. The van der Waals surface area contributed by atoms with Crippen LogP contribution in [0, 0.1) is 5.92 Å². The number of carbonyl (C=O) groups excluding carboxylic acids is 1. The van der Waals surface area contributed by atoms with E-state index in [0.29, 0.717) is 0 Å². The summed E-state index contributed by atoms with van der Waals surface area (Å²) < 4.78 is 0. The number of rotatable bonds is 5. The molecule has 0 bridgehead atoms. The predicted octanol–water partition coefficient (Wildman–Crippen LogP) is 3.03. The average Bonchev–Trinajstić information content (AvgIpc) is 3.25. The third kappa shape index (κ3) is 4.52. The van der Waals surface area contributed by atoms with Crippen molar-refractivity contribution in [3.05, 3.63) is 53.1 Å². The topological polar surface area (TPSA) is 97.0 Å². The first kappa shape index (κ1) is 18.5. The summed E-state index contributed by atoms with van der Waals surface area (Å²) in [5.74, 6) is 0.321. The molecule has 0 saturated carbocycles. The molecule has 144 valence electrons. The Morgan fingerprint density at radius 3 is 2.71 bits per heavy atom. The standard InChI is InChI=1S/C20H22N6OS/c21-20-22-8-14(9-23-20)10-26-7-1-2-16(11-26)19(27)25-17-5-3-15(4-6-17)18-12-28-13-24-18/h3-6,8-9,12-13,16H,1-2,7,10-11H2,(H,25,27)(H2,21,22,23). The van der Waals surface area contributed by atoms with Crippen LogP contribution in [-0.2, 0) is 11.3 Å². The third-order valence-electron chi connectivity index (χ3n) is 4.89. The Kier molecular flexibility index (Phi) is 5.59. The Bertz CT molecular complexity index is 911. The van der Waals surface area contributed by atoms with Crippen molar-refractivity contribution in [3.63, 3.8) is 0 Å². The number of nitrogens with one attached hydrogen (secondary N) is 1. The molecular formula is C20H22N6OS. The summed E-state index contributed by atoms with van der Waals surface area (Å²) in [4.78, 5) is 27.4. The molecule has 1 aliphatic rings. The van der Waals surface area contributed by atoms with Gasteiger partial charge in [-0.3, -0.25) is 9.69 Å². The molecule has 1 aliphatic heterocycles. The van der Waals surface area contributed by atoms with Crippen LogP contribution in [0.25, 0.3) is 11.3 Å². The van der Waals surface area contributed by atoms with E-state index in [0.717, 1.165) is 55.0 Å². The Morgan fingerprint density at radius 2 is 2.00 bits per heavy atom. The number of thiazole rings is 1. The van der Waals surface area contributed by atoms with Crippen LogP contribution in [0.1, 0.15) is 18.4 Å². The highest BCUT2D eigenvalue weighted by Gasteiger charge is 2.26. The Balaban J connectivity index is 1.34. The van der Waals surface area contributed by atoms with E-state index in [-0.39, 0.29) is 17.8 Å². The van der Waals surface area contributed by atoms with Gasteiger partial charge in [-0.1, -0.05) is 12.1 Å². The van der Waals surface area contributed by atoms with Crippen LogP contribution >= 0.6 is 11.3 Å². The highest BCUT2D eigenvalue weighted by molar-refractivity contribution is 7.07. The maximum absolute atomic E-state index is 12.7. The van der Waals surface area contributed by atoms with Crippen molar-refractivity contribution in [1.82, 2.24) is 19.9 Å². The fraction of sp³-hybridized carbons (Fsp3) is 0.300. The van der Waals surface area contributed by atoms with E-state index in [1.807, 2.05) is 35.2 Å². The second-order valence-corrected chi connectivity index (χ2v) is 7.68. The molecule has 1 atom stereocenters. The predicted molar refractivity (Wildman–Crippen MR) is 111 cm³/mol. The van der Waals surface area contributed by atoms with Gasteiger partial charge in [0.05, 0.1) is 17.1 Å². The number of hydrogen-bond acceptors (Lipinski definition) is 7. The average molecular weight is 395 g/mol. The summed E-state index contributed by atoms with van der Waals surface area (Å²) >= 11 is 1.57. The van der Waals surface area contributed by atoms with E-state index in [9.17, 15) is 4.79 Å². The number of benzene rings is 1. The Morgan fingerprint density at radius 1 is 1.21 bits per heavy atom. The van der Waals surface area contributed by atoms with Gasteiger partial charge in [-0.25, -0.2) is 15.0 Å². The lowest BCUT2D eigenvalue weighted by atomic mass is 9.96. The Labute approximate surface area is 167 Å². The maximum Gasteiger partial charge on any atom is 0.228 e. The van der Waals surface area contributed by atoms with Crippen LogP contribution < -0.4 is 11.1 Å². The maximum atomic E-state index is 12.7. The summed E-state index contributed by atoms with van der Waals surface area (Å²) in [5, 5.41) is 5.06. The quantitative estimate of drug-likeness (QED) is 0.690. The molecule has 8 heteroatoms. The van der Waals surface area contributed by atoms with Gasteiger partial charge in [0, 0.05) is 47.7 Å². The number of amides is 1. The number of likely N-dealkylation sites (tertiary alicyclic amines) is 1. The number of piperidine rings is 1. The minimum absolute atomic E-state index is 0.0262. The number of hydrogen-bond donors (Lipinski definition) is 2. The number of nitrogens with two attached hydrogens (primary N) is 1. The molecule has 1 unspecified atom stereocenters. The smallest absolute Gasteiger partial charge is 0.228 e. The SMILES string of the molecule is Nc1ncc(CN2CCCC(C(=O)Nc3ccc(-c4cscn4)cc3)C2)cn1. The van der Waals surface area contributed by atoms with Crippen molar-refractivity contribution >= 4 is 28.9 Å². The van der Waals surface area contributed by atoms with Gasteiger partial charge < -0.3 is 11.1 Å². The number of nitrogen functional groups attached to an aromatic ring is 1. The van der Waals surface area contributed by atoms with Crippen LogP contribution in [0.3, 0.4) is 0 Å². The largest absolute Gasteiger partial charge is 0.368 e. The first-order valence-electron chi connectivity index (χ1n) is 9.25. The zero-order chi connectivity index (χ0) is 19.3. The van der Waals surface area contributed by atoms with Crippen molar-refractivity contribution in [1.29, 1.82) is 0 Å². The van der Waals surface area contributed by atoms with E-state index < -0.39 is 0 Å². The summed E-state index contributed by atoms with van der Waals surface area (Å²) in [6.07, 6.45) is 5.39. The number of nitrogens with zero attached hydrogens (tertiary/aromatic N) is 4. The number of carbonyl (C=O) groups is 1. The minimum Gasteiger partial charge on any atom is -0.368 e. The normalized spacial score (nSPS) is 17.4. The van der Waals surface area contributed by atoms with Crippen molar-refractivity contribution < 1.29 is 4.79 Å². The van der Waals surface area contributed by atoms with E-state index in [1.165, 1.54) is 0 Å². The van der Waals surface area contributed by atoms with Crippen LogP contribution in [0.2, 0.25) is 0 Å².